The highest BCUT2D eigenvalue weighted by atomic mass is 35.5. The summed E-state index contributed by atoms with van der Waals surface area (Å²) in [5.74, 6) is 0.0453. The quantitative estimate of drug-likeness (QED) is 0.936. The summed E-state index contributed by atoms with van der Waals surface area (Å²) in [4.78, 5) is 3.91. The molecule has 0 spiro atoms. The van der Waals surface area contributed by atoms with Crippen LogP contribution < -0.4 is 4.74 Å². The maximum Gasteiger partial charge on any atom is 0.142 e. The van der Waals surface area contributed by atoms with E-state index in [0.29, 0.717) is 21.9 Å². The van der Waals surface area contributed by atoms with Crippen molar-refractivity contribution in [3.05, 3.63) is 58.6 Å². The number of hydrogen-bond acceptors (Lipinski definition) is 3. The third-order valence-corrected chi connectivity index (χ3v) is 3.06. The number of benzene rings is 1. The van der Waals surface area contributed by atoms with Gasteiger partial charge in [-0.15, -0.1) is 0 Å². The molecule has 0 radical (unpaired) electrons. The average Bonchev–Trinajstić information content (AvgIpc) is 2.41. The van der Waals surface area contributed by atoms with E-state index in [1.165, 1.54) is 19.4 Å². The maximum absolute atomic E-state index is 13.7. The van der Waals surface area contributed by atoms with E-state index < -0.39 is 11.9 Å². The van der Waals surface area contributed by atoms with Crippen molar-refractivity contribution < 1.29 is 14.2 Å². The molecule has 3 nitrogen and oxygen atoms in total. The number of aromatic nitrogens is 1. The number of aliphatic hydroxyl groups excluding tert-OH is 1. The van der Waals surface area contributed by atoms with Gasteiger partial charge in [0.25, 0.3) is 0 Å². The molecule has 1 aromatic carbocycles. The zero-order valence-electron chi connectivity index (χ0n) is 10.3. The molecular formula is C14H13ClFNO2. The van der Waals surface area contributed by atoms with Crippen molar-refractivity contribution in [2.24, 2.45) is 0 Å². The van der Waals surface area contributed by atoms with Crippen LogP contribution in [-0.4, -0.2) is 17.2 Å². The van der Waals surface area contributed by atoms with Gasteiger partial charge in [0.2, 0.25) is 0 Å². The summed E-state index contributed by atoms with van der Waals surface area (Å²) in [6.45, 7) is 0. The molecule has 0 bridgehead atoms. The van der Waals surface area contributed by atoms with Gasteiger partial charge in [0.15, 0.2) is 0 Å². The summed E-state index contributed by atoms with van der Waals surface area (Å²) in [5, 5.41) is 10.5. The second-order valence-corrected chi connectivity index (χ2v) is 4.51. The number of nitrogens with zero attached hydrogens (tertiary/aromatic N) is 1. The molecule has 1 unspecified atom stereocenters. The lowest BCUT2D eigenvalue weighted by molar-refractivity contribution is 0.172. The number of halogens is 2. The second-order valence-electron chi connectivity index (χ2n) is 4.07. The minimum Gasteiger partial charge on any atom is -0.495 e. The SMILES string of the molecule is COc1cnccc1C(O)Cc1ccc(Cl)cc1F. The van der Waals surface area contributed by atoms with Crippen LogP contribution in [0.5, 0.6) is 5.75 Å². The van der Waals surface area contributed by atoms with Gasteiger partial charge in [0.1, 0.15) is 11.6 Å². The van der Waals surface area contributed by atoms with Gasteiger partial charge in [0, 0.05) is 23.2 Å². The summed E-state index contributed by atoms with van der Waals surface area (Å²) < 4.78 is 18.8. The summed E-state index contributed by atoms with van der Waals surface area (Å²) in [7, 11) is 1.50. The van der Waals surface area contributed by atoms with E-state index in [1.54, 1.807) is 24.4 Å². The van der Waals surface area contributed by atoms with Crippen LogP contribution in [0, 0.1) is 5.82 Å². The van der Waals surface area contributed by atoms with Gasteiger partial charge in [-0.1, -0.05) is 17.7 Å². The summed E-state index contributed by atoms with van der Waals surface area (Å²) >= 11 is 5.69. The Morgan fingerprint density at radius 2 is 2.21 bits per heavy atom. The third-order valence-electron chi connectivity index (χ3n) is 2.82. The number of ether oxygens (including phenoxy) is 1. The Balaban J connectivity index is 2.23. The van der Waals surface area contributed by atoms with Gasteiger partial charge in [-0.2, -0.15) is 0 Å². The van der Waals surface area contributed by atoms with Gasteiger partial charge < -0.3 is 9.84 Å². The first-order valence-corrected chi connectivity index (χ1v) is 6.09. The zero-order valence-corrected chi connectivity index (χ0v) is 11.1. The highest BCUT2D eigenvalue weighted by Gasteiger charge is 2.15. The molecule has 19 heavy (non-hydrogen) atoms. The molecule has 2 rings (SSSR count). The van der Waals surface area contributed by atoms with Crippen molar-refractivity contribution in [2.45, 2.75) is 12.5 Å². The predicted octanol–water partition coefficient (Wildman–Crippen LogP) is 3.16. The van der Waals surface area contributed by atoms with Crippen molar-refractivity contribution in [1.82, 2.24) is 4.98 Å². The van der Waals surface area contributed by atoms with E-state index in [-0.39, 0.29) is 6.42 Å². The van der Waals surface area contributed by atoms with Gasteiger partial charge in [-0.05, 0) is 23.8 Å². The summed E-state index contributed by atoms with van der Waals surface area (Å²) in [6.07, 6.45) is 2.34. The maximum atomic E-state index is 13.7. The number of methoxy groups -OCH3 is 1. The first kappa shape index (κ1) is 13.8. The monoisotopic (exact) mass is 281 g/mol. The normalized spacial score (nSPS) is 12.2. The zero-order chi connectivity index (χ0) is 13.8. The van der Waals surface area contributed by atoms with Gasteiger partial charge in [0.05, 0.1) is 19.4 Å². The van der Waals surface area contributed by atoms with E-state index >= 15 is 0 Å². The van der Waals surface area contributed by atoms with Crippen LogP contribution in [0.1, 0.15) is 17.2 Å². The Morgan fingerprint density at radius 3 is 2.89 bits per heavy atom. The molecule has 0 aliphatic heterocycles. The Labute approximate surface area is 115 Å². The van der Waals surface area contributed by atoms with E-state index in [0.717, 1.165) is 0 Å². The van der Waals surface area contributed by atoms with E-state index in [4.69, 9.17) is 16.3 Å². The summed E-state index contributed by atoms with van der Waals surface area (Å²) in [5.41, 5.74) is 0.975. The van der Waals surface area contributed by atoms with Crippen LogP contribution in [0.4, 0.5) is 4.39 Å². The Bertz CT molecular complexity index is 577. The lowest BCUT2D eigenvalue weighted by atomic mass is 10.0. The molecule has 0 fully saturated rings. The summed E-state index contributed by atoms with van der Waals surface area (Å²) in [6, 6.07) is 6.04. The predicted molar refractivity (Wildman–Crippen MR) is 70.9 cm³/mol. The van der Waals surface area contributed by atoms with Crippen molar-refractivity contribution in [1.29, 1.82) is 0 Å². The fourth-order valence-corrected chi connectivity index (χ4v) is 2.00. The molecule has 1 N–H and O–H groups in total. The van der Waals surface area contributed by atoms with Crippen molar-refractivity contribution >= 4 is 11.6 Å². The van der Waals surface area contributed by atoms with Gasteiger partial charge >= 0.3 is 0 Å². The molecule has 1 atom stereocenters. The van der Waals surface area contributed by atoms with Crippen LogP contribution in [0.25, 0.3) is 0 Å². The fourth-order valence-electron chi connectivity index (χ4n) is 1.84. The molecule has 1 heterocycles. The van der Waals surface area contributed by atoms with E-state index in [2.05, 4.69) is 4.98 Å². The molecule has 0 saturated carbocycles. The van der Waals surface area contributed by atoms with Gasteiger partial charge in [-0.3, -0.25) is 4.98 Å². The Kier molecular flexibility index (Phi) is 4.35. The number of aliphatic hydroxyl groups is 1. The van der Waals surface area contributed by atoms with Gasteiger partial charge in [-0.25, -0.2) is 4.39 Å². The van der Waals surface area contributed by atoms with E-state index in [1.807, 2.05) is 0 Å². The highest BCUT2D eigenvalue weighted by molar-refractivity contribution is 6.30. The number of rotatable bonds is 4. The molecular weight excluding hydrogens is 269 g/mol. The molecule has 5 heteroatoms. The fraction of sp³-hybridized carbons (Fsp3) is 0.214. The topological polar surface area (TPSA) is 42.4 Å². The lowest BCUT2D eigenvalue weighted by Gasteiger charge is -2.14. The van der Waals surface area contributed by atoms with Crippen molar-refractivity contribution in [2.75, 3.05) is 7.11 Å². The average molecular weight is 282 g/mol. The van der Waals surface area contributed by atoms with E-state index in [9.17, 15) is 9.50 Å². The highest BCUT2D eigenvalue weighted by Crippen LogP contribution is 2.27. The van der Waals surface area contributed by atoms with Crippen molar-refractivity contribution in [3.8, 4) is 5.75 Å². The molecule has 0 saturated heterocycles. The minimum absolute atomic E-state index is 0.142. The van der Waals surface area contributed by atoms with Crippen molar-refractivity contribution in [3.63, 3.8) is 0 Å². The van der Waals surface area contributed by atoms with Crippen LogP contribution >= 0.6 is 11.6 Å². The molecule has 0 aliphatic rings. The number of pyridine rings is 1. The molecule has 0 amide bonds. The van der Waals surface area contributed by atoms with Crippen LogP contribution in [-0.2, 0) is 6.42 Å². The molecule has 0 aliphatic carbocycles. The largest absolute Gasteiger partial charge is 0.495 e. The first-order valence-electron chi connectivity index (χ1n) is 5.71. The van der Waals surface area contributed by atoms with Crippen LogP contribution in [0.2, 0.25) is 5.02 Å². The standard InChI is InChI=1S/C14H13ClFNO2/c1-19-14-8-17-5-4-11(14)13(18)6-9-2-3-10(15)7-12(9)16/h2-5,7-8,13,18H,6H2,1H3. The third kappa shape index (κ3) is 3.22. The number of hydrogen-bond donors (Lipinski definition) is 1. The molecule has 1 aromatic heterocycles. The molecule has 2 aromatic rings. The Hall–Kier alpha value is -1.65. The second kappa shape index (κ2) is 5.99. The van der Waals surface area contributed by atoms with Crippen LogP contribution in [0.15, 0.2) is 36.7 Å². The Morgan fingerprint density at radius 1 is 1.42 bits per heavy atom. The minimum atomic E-state index is -0.867. The lowest BCUT2D eigenvalue weighted by Crippen LogP contribution is -2.05. The van der Waals surface area contributed by atoms with Crippen LogP contribution in [0.3, 0.4) is 0 Å². The smallest absolute Gasteiger partial charge is 0.142 e. The first-order chi connectivity index (χ1) is 9.11. The molecule has 100 valence electrons.